The minimum Gasteiger partial charge on any atom is -0.481 e. The molecule has 114 valence electrons. The van der Waals surface area contributed by atoms with E-state index in [-0.39, 0.29) is 30.4 Å². The molecule has 21 heavy (non-hydrogen) atoms. The zero-order chi connectivity index (χ0) is 15.8. The summed E-state index contributed by atoms with van der Waals surface area (Å²) in [4.78, 5) is 32.3. The lowest BCUT2D eigenvalue weighted by atomic mass is 10.1. The number of benzene rings is 1. The van der Waals surface area contributed by atoms with Crippen molar-refractivity contribution in [1.29, 1.82) is 0 Å². The van der Waals surface area contributed by atoms with Gasteiger partial charge in [0.2, 0.25) is 5.91 Å². The normalized spacial score (nSPS) is 11.7. The highest BCUT2D eigenvalue weighted by molar-refractivity contribution is 5.76. The van der Waals surface area contributed by atoms with Crippen LogP contribution in [0.15, 0.2) is 24.3 Å². The number of amides is 1. The third-order valence-electron chi connectivity index (χ3n) is 2.93. The smallest absolute Gasteiger partial charge is 0.303 e. The maximum Gasteiger partial charge on any atom is 0.303 e. The largest absolute Gasteiger partial charge is 0.481 e. The Hall–Kier alpha value is -2.44. The summed E-state index contributed by atoms with van der Waals surface area (Å²) >= 11 is 0. The Balaban J connectivity index is 2.37. The molecule has 1 atom stereocenters. The molecule has 0 heterocycles. The number of carboxylic acids is 1. The number of carboxylic acid groups (broad SMARTS) is 1. The van der Waals surface area contributed by atoms with E-state index in [2.05, 4.69) is 5.32 Å². The minimum absolute atomic E-state index is 0.00277. The van der Waals surface area contributed by atoms with Gasteiger partial charge in [-0.25, -0.2) is 0 Å². The topological polar surface area (TPSA) is 110 Å². The SMILES string of the molecule is CC(CNC(=O)CCc1cccc([N+](=O)[O-])c1)CC(=O)O. The molecule has 0 aliphatic rings. The molecule has 1 unspecified atom stereocenters. The molecule has 2 N–H and O–H groups in total. The van der Waals surface area contributed by atoms with Crippen molar-refractivity contribution in [3.05, 3.63) is 39.9 Å². The van der Waals surface area contributed by atoms with Gasteiger partial charge in [0.15, 0.2) is 0 Å². The second-order valence-electron chi connectivity index (χ2n) is 4.93. The Morgan fingerprint density at radius 3 is 2.76 bits per heavy atom. The van der Waals surface area contributed by atoms with Crippen molar-refractivity contribution >= 4 is 17.6 Å². The number of nitro benzene ring substituents is 1. The molecular weight excluding hydrogens is 276 g/mol. The van der Waals surface area contributed by atoms with E-state index in [1.807, 2.05) is 0 Å². The van der Waals surface area contributed by atoms with Crippen LogP contribution in [0, 0.1) is 16.0 Å². The molecule has 7 nitrogen and oxygen atoms in total. The standard InChI is InChI=1S/C14H18N2O5/c1-10(7-14(18)19)9-15-13(17)6-5-11-3-2-4-12(8-11)16(20)21/h2-4,8,10H,5-7,9H2,1H3,(H,15,17)(H,18,19). The molecule has 0 aliphatic heterocycles. The van der Waals surface area contributed by atoms with Crippen LogP contribution in [0.3, 0.4) is 0 Å². The molecule has 1 amide bonds. The van der Waals surface area contributed by atoms with Crippen LogP contribution < -0.4 is 5.32 Å². The molecule has 0 saturated heterocycles. The first-order valence-corrected chi connectivity index (χ1v) is 6.60. The van der Waals surface area contributed by atoms with Crippen molar-refractivity contribution in [2.75, 3.05) is 6.54 Å². The summed E-state index contributed by atoms with van der Waals surface area (Å²) in [7, 11) is 0. The molecule has 1 rings (SSSR count). The summed E-state index contributed by atoms with van der Waals surface area (Å²) in [5.41, 5.74) is 0.723. The van der Waals surface area contributed by atoms with Crippen LogP contribution in [0.25, 0.3) is 0 Å². The number of nitro groups is 1. The van der Waals surface area contributed by atoms with Crippen molar-refractivity contribution in [3.8, 4) is 0 Å². The summed E-state index contributed by atoms with van der Waals surface area (Å²) in [6, 6.07) is 6.16. The van der Waals surface area contributed by atoms with Crippen LogP contribution in [0.4, 0.5) is 5.69 Å². The van der Waals surface area contributed by atoms with Gasteiger partial charge in [0.1, 0.15) is 0 Å². The number of aryl methyl sites for hydroxylation is 1. The first kappa shape index (κ1) is 16.6. The Bertz CT molecular complexity index is 530. The van der Waals surface area contributed by atoms with Gasteiger partial charge in [0, 0.05) is 31.5 Å². The molecule has 0 fully saturated rings. The first-order chi connectivity index (χ1) is 9.88. The summed E-state index contributed by atoms with van der Waals surface area (Å²) < 4.78 is 0. The maximum atomic E-state index is 11.6. The molecule has 0 radical (unpaired) electrons. The van der Waals surface area contributed by atoms with E-state index >= 15 is 0 Å². The average Bonchev–Trinajstić information content (AvgIpc) is 2.42. The number of nitrogens with zero attached hydrogens (tertiary/aromatic N) is 1. The first-order valence-electron chi connectivity index (χ1n) is 6.60. The number of rotatable bonds is 8. The van der Waals surface area contributed by atoms with Gasteiger partial charge in [-0.3, -0.25) is 19.7 Å². The molecule has 0 aromatic heterocycles. The Morgan fingerprint density at radius 1 is 1.43 bits per heavy atom. The van der Waals surface area contributed by atoms with Crippen molar-refractivity contribution in [1.82, 2.24) is 5.32 Å². The van der Waals surface area contributed by atoms with Crippen molar-refractivity contribution in [2.45, 2.75) is 26.2 Å². The Morgan fingerprint density at radius 2 is 2.14 bits per heavy atom. The van der Waals surface area contributed by atoms with E-state index in [9.17, 15) is 19.7 Å². The minimum atomic E-state index is -0.895. The van der Waals surface area contributed by atoms with Gasteiger partial charge in [0.25, 0.3) is 5.69 Å². The van der Waals surface area contributed by atoms with Crippen LogP contribution in [0.2, 0.25) is 0 Å². The summed E-state index contributed by atoms with van der Waals surface area (Å²) in [6.07, 6.45) is 0.618. The summed E-state index contributed by atoms with van der Waals surface area (Å²) in [6.45, 7) is 2.05. The second kappa shape index (κ2) is 7.98. The maximum absolute atomic E-state index is 11.6. The van der Waals surface area contributed by atoms with Crippen molar-refractivity contribution < 1.29 is 19.6 Å². The van der Waals surface area contributed by atoms with Gasteiger partial charge < -0.3 is 10.4 Å². The highest BCUT2D eigenvalue weighted by Crippen LogP contribution is 2.14. The van der Waals surface area contributed by atoms with E-state index in [0.717, 1.165) is 5.56 Å². The summed E-state index contributed by atoms with van der Waals surface area (Å²) in [5.74, 6) is -1.23. The number of non-ortho nitro benzene ring substituents is 1. The highest BCUT2D eigenvalue weighted by atomic mass is 16.6. The second-order valence-corrected chi connectivity index (χ2v) is 4.93. The van der Waals surface area contributed by atoms with Crippen LogP contribution in [-0.2, 0) is 16.0 Å². The highest BCUT2D eigenvalue weighted by Gasteiger charge is 2.10. The number of carbonyl (C=O) groups is 2. The average molecular weight is 294 g/mol. The number of nitrogens with one attached hydrogen (secondary N) is 1. The van der Waals surface area contributed by atoms with Crippen LogP contribution in [0.5, 0.6) is 0 Å². The fourth-order valence-electron chi connectivity index (χ4n) is 1.83. The predicted octanol–water partition coefficient (Wildman–Crippen LogP) is 1.75. The lowest BCUT2D eigenvalue weighted by Gasteiger charge is -2.10. The quantitative estimate of drug-likeness (QED) is 0.560. The van der Waals surface area contributed by atoms with Crippen LogP contribution >= 0.6 is 0 Å². The van der Waals surface area contributed by atoms with E-state index in [1.54, 1.807) is 19.1 Å². The molecule has 0 bridgehead atoms. The molecule has 7 heteroatoms. The zero-order valence-corrected chi connectivity index (χ0v) is 11.7. The van der Waals surface area contributed by atoms with E-state index < -0.39 is 10.9 Å². The summed E-state index contributed by atoms with van der Waals surface area (Å²) in [5, 5.41) is 21.9. The fourth-order valence-corrected chi connectivity index (χ4v) is 1.83. The lowest BCUT2D eigenvalue weighted by Crippen LogP contribution is -2.29. The number of hydrogen-bond acceptors (Lipinski definition) is 4. The lowest BCUT2D eigenvalue weighted by molar-refractivity contribution is -0.384. The third kappa shape index (κ3) is 6.51. The number of aliphatic carboxylic acids is 1. The number of carbonyl (C=O) groups excluding carboxylic acids is 1. The van der Waals surface area contributed by atoms with Crippen molar-refractivity contribution in [2.24, 2.45) is 5.92 Å². The van der Waals surface area contributed by atoms with Crippen LogP contribution in [-0.4, -0.2) is 28.5 Å². The monoisotopic (exact) mass is 294 g/mol. The van der Waals surface area contributed by atoms with Gasteiger partial charge in [-0.1, -0.05) is 19.1 Å². The third-order valence-corrected chi connectivity index (χ3v) is 2.93. The fraction of sp³-hybridized carbons (Fsp3) is 0.429. The molecular formula is C14H18N2O5. The van der Waals surface area contributed by atoms with Gasteiger partial charge in [-0.15, -0.1) is 0 Å². The molecule has 1 aromatic carbocycles. The van der Waals surface area contributed by atoms with E-state index in [0.29, 0.717) is 13.0 Å². The van der Waals surface area contributed by atoms with E-state index in [4.69, 9.17) is 5.11 Å². The van der Waals surface area contributed by atoms with Gasteiger partial charge in [-0.2, -0.15) is 0 Å². The van der Waals surface area contributed by atoms with Gasteiger partial charge >= 0.3 is 5.97 Å². The molecule has 0 spiro atoms. The molecule has 0 aliphatic carbocycles. The Labute approximate surface area is 122 Å². The predicted molar refractivity (Wildman–Crippen MR) is 75.8 cm³/mol. The van der Waals surface area contributed by atoms with Crippen molar-refractivity contribution in [3.63, 3.8) is 0 Å². The van der Waals surface area contributed by atoms with Gasteiger partial charge in [0.05, 0.1) is 4.92 Å². The molecule has 0 saturated carbocycles. The van der Waals surface area contributed by atoms with Crippen LogP contribution in [0.1, 0.15) is 25.3 Å². The Kier molecular flexibility index (Phi) is 6.32. The number of hydrogen-bond donors (Lipinski definition) is 2. The van der Waals surface area contributed by atoms with E-state index in [1.165, 1.54) is 12.1 Å². The van der Waals surface area contributed by atoms with Gasteiger partial charge in [-0.05, 0) is 17.9 Å². The molecule has 1 aromatic rings. The zero-order valence-electron chi connectivity index (χ0n) is 11.7.